The van der Waals surface area contributed by atoms with Crippen LogP contribution in [-0.2, 0) is 6.54 Å². The molecule has 96 valence electrons. The summed E-state index contributed by atoms with van der Waals surface area (Å²) in [6, 6.07) is 1.99. The van der Waals surface area contributed by atoms with Gasteiger partial charge < -0.3 is 5.11 Å². The summed E-state index contributed by atoms with van der Waals surface area (Å²) in [5.41, 5.74) is 3.23. The molecule has 0 aromatic carbocycles. The van der Waals surface area contributed by atoms with E-state index in [0.717, 1.165) is 11.1 Å². The second-order valence-electron chi connectivity index (χ2n) is 4.31. The van der Waals surface area contributed by atoms with Crippen LogP contribution in [0.3, 0.4) is 0 Å². The molecule has 2 rings (SSSR count). The summed E-state index contributed by atoms with van der Waals surface area (Å²) < 4.78 is 1.69. The monoisotopic (exact) mass is 265 g/mol. The Morgan fingerprint density at radius 3 is 2.72 bits per heavy atom. The highest BCUT2D eigenvalue weighted by atomic mass is 35.5. The molecule has 4 nitrogen and oxygen atoms in total. The van der Waals surface area contributed by atoms with E-state index in [2.05, 4.69) is 10.1 Å². The molecule has 0 saturated carbocycles. The zero-order valence-electron chi connectivity index (χ0n) is 10.7. The number of aromatic nitrogens is 3. The van der Waals surface area contributed by atoms with Crippen LogP contribution in [0, 0.1) is 13.8 Å². The summed E-state index contributed by atoms with van der Waals surface area (Å²) in [5, 5.41) is 15.0. The molecule has 0 fully saturated rings. The Balaban J connectivity index is 2.47. The lowest BCUT2D eigenvalue weighted by molar-refractivity contribution is 0.202. The Hall–Kier alpha value is -1.39. The Labute approximate surface area is 111 Å². The molecule has 18 heavy (non-hydrogen) atoms. The molecule has 1 atom stereocenters. The van der Waals surface area contributed by atoms with Crippen molar-refractivity contribution in [2.75, 3.05) is 0 Å². The molecule has 2 aromatic heterocycles. The predicted octanol–water partition coefficient (Wildman–Crippen LogP) is 2.65. The van der Waals surface area contributed by atoms with Gasteiger partial charge in [0.05, 0.1) is 22.6 Å². The van der Waals surface area contributed by atoms with E-state index in [4.69, 9.17) is 11.6 Å². The molecular formula is C13H16ClN3O. The molecule has 0 radical (unpaired) electrons. The maximum absolute atomic E-state index is 10.4. The van der Waals surface area contributed by atoms with Gasteiger partial charge in [0, 0.05) is 12.7 Å². The molecule has 0 aliphatic heterocycles. The van der Waals surface area contributed by atoms with E-state index in [9.17, 15) is 5.11 Å². The lowest BCUT2D eigenvalue weighted by Crippen LogP contribution is -2.12. The van der Waals surface area contributed by atoms with Crippen molar-refractivity contribution in [2.24, 2.45) is 0 Å². The van der Waals surface area contributed by atoms with Gasteiger partial charge >= 0.3 is 0 Å². The summed E-state index contributed by atoms with van der Waals surface area (Å²) in [5.74, 6) is 0. The van der Waals surface area contributed by atoms with Crippen LogP contribution in [0.15, 0.2) is 18.5 Å². The number of rotatable bonds is 3. The second kappa shape index (κ2) is 5.08. The minimum Gasteiger partial charge on any atom is -0.380 e. The quantitative estimate of drug-likeness (QED) is 0.928. The second-order valence-corrected chi connectivity index (χ2v) is 4.72. The zero-order valence-corrected chi connectivity index (χ0v) is 11.4. The Morgan fingerprint density at radius 2 is 2.11 bits per heavy atom. The minimum atomic E-state index is -0.847. The third-order valence-corrected chi connectivity index (χ3v) is 3.20. The molecule has 1 N–H and O–H groups in total. The van der Waals surface area contributed by atoms with Gasteiger partial charge in [-0.15, -0.1) is 0 Å². The third kappa shape index (κ3) is 2.26. The van der Waals surface area contributed by atoms with Gasteiger partial charge in [-0.1, -0.05) is 17.7 Å². The van der Waals surface area contributed by atoms with Crippen LogP contribution in [0.4, 0.5) is 0 Å². The summed E-state index contributed by atoms with van der Waals surface area (Å²) >= 11 is 6.08. The highest BCUT2D eigenvalue weighted by Crippen LogP contribution is 2.28. The Kier molecular flexibility index (Phi) is 3.68. The molecular weight excluding hydrogens is 250 g/mol. The van der Waals surface area contributed by atoms with E-state index in [1.165, 1.54) is 0 Å². The zero-order chi connectivity index (χ0) is 13.3. The van der Waals surface area contributed by atoms with E-state index < -0.39 is 6.10 Å². The van der Waals surface area contributed by atoms with Crippen LogP contribution < -0.4 is 0 Å². The normalized spacial score (nSPS) is 12.7. The summed E-state index contributed by atoms with van der Waals surface area (Å²) in [4.78, 5) is 4.30. The van der Waals surface area contributed by atoms with Crippen molar-refractivity contribution in [3.63, 3.8) is 0 Å². The SMILES string of the molecule is CCn1ncc(Cl)c1C(O)c1ncc(C)cc1C. The van der Waals surface area contributed by atoms with Gasteiger partial charge in [0.1, 0.15) is 6.10 Å². The van der Waals surface area contributed by atoms with E-state index in [1.54, 1.807) is 17.1 Å². The number of hydrogen-bond donors (Lipinski definition) is 1. The summed E-state index contributed by atoms with van der Waals surface area (Å²) in [7, 11) is 0. The number of pyridine rings is 1. The molecule has 0 aliphatic carbocycles. The molecule has 0 spiro atoms. The van der Waals surface area contributed by atoms with Crippen molar-refractivity contribution in [3.8, 4) is 0 Å². The van der Waals surface area contributed by atoms with Crippen molar-refractivity contribution >= 4 is 11.6 Å². The number of nitrogens with zero attached hydrogens (tertiary/aromatic N) is 3. The Morgan fingerprint density at radius 1 is 1.39 bits per heavy atom. The van der Waals surface area contributed by atoms with Crippen LogP contribution in [0.1, 0.15) is 35.5 Å². The highest BCUT2D eigenvalue weighted by Gasteiger charge is 2.21. The first-order valence-corrected chi connectivity index (χ1v) is 6.24. The van der Waals surface area contributed by atoms with Crippen LogP contribution in [0.5, 0.6) is 0 Å². The number of hydrogen-bond acceptors (Lipinski definition) is 3. The van der Waals surface area contributed by atoms with Crippen molar-refractivity contribution in [1.29, 1.82) is 0 Å². The van der Waals surface area contributed by atoms with Gasteiger partial charge in [-0.2, -0.15) is 5.10 Å². The van der Waals surface area contributed by atoms with E-state index in [1.807, 2.05) is 26.8 Å². The molecule has 0 saturated heterocycles. The van der Waals surface area contributed by atoms with Gasteiger partial charge in [0.25, 0.3) is 0 Å². The number of aryl methyl sites for hydroxylation is 3. The first-order valence-electron chi connectivity index (χ1n) is 5.87. The van der Waals surface area contributed by atoms with Crippen LogP contribution in [-0.4, -0.2) is 19.9 Å². The number of aliphatic hydroxyl groups is 1. The lowest BCUT2D eigenvalue weighted by Gasteiger charge is -2.15. The topological polar surface area (TPSA) is 50.9 Å². The van der Waals surface area contributed by atoms with Gasteiger partial charge in [0.15, 0.2) is 0 Å². The van der Waals surface area contributed by atoms with Gasteiger partial charge in [0.2, 0.25) is 0 Å². The van der Waals surface area contributed by atoms with E-state index >= 15 is 0 Å². The fourth-order valence-electron chi connectivity index (χ4n) is 2.04. The number of halogens is 1. The summed E-state index contributed by atoms with van der Waals surface area (Å²) in [6.45, 7) is 6.51. The minimum absolute atomic E-state index is 0.464. The van der Waals surface area contributed by atoms with Crippen molar-refractivity contribution in [3.05, 3.63) is 46.0 Å². The van der Waals surface area contributed by atoms with Crippen LogP contribution in [0.2, 0.25) is 5.02 Å². The molecule has 0 bridgehead atoms. The average Bonchev–Trinajstić information content (AvgIpc) is 2.69. The number of aliphatic hydroxyl groups excluding tert-OH is 1. The average molecular weight is 266 g/mol. The Bertz CT molecular complexity index is 565. The van der Waals surface area contributed by atoms with Crippen LogP contribution >= 0.6 is 11.6 Å². The summed E-state index contributed by atoms with van der Waals surface area (Å²) in [6.07, 6.45) is 2.44. The fourth-order valence-corrected chi connectivity index (χ4v) is 2.28. The highest BCUT2D eigenvalue weighted by molar-refractivity contribution is 6.31. The maximum Gasteiger partial charge on any atom is 0.139 e. The molecule has 1 unspecified atom stereocenters. The maximum atomic E-state index is 10.4. The van der Waals surface area contributed by atoms with Crippen molar-refractivity contribution in [1.82, 2.24) is 14.8 Å². The standard InChI is InChI=1S/C13H16ClN3O/c1-4-17-12(10(14)7-16-17)13(18)11-9(3)5-8(2)6-15-11/h5-7,13,18H,4H2,1-3H3. The van der Waals surface area contributed by atoms with Crippen LogP contribution in [0.25, 0.3) is 0 Å². The van der Waals surface area contributed by atoms with Crippen molar-refractivity contribution in [2.45, 2.75) is 33.4 Å². The third-order valence-electron chi connectivity index (χ3n) is 2.91. The van der Waals surface area contributed by atoms with Gasteiger partial charge in [-0.25, -0.2) is 0 Å². The lowest BCUT2D eigenvalue weighted by atomic mass is 10.1. The molecule has 0 amide bonds. The van der Waals surface area contributed by atoms with E-state index in [0.29, 0.717) is 23.0 Å². The molecule has 5 heteroatoms. The largest absolute Gasteiger partial charge is 0.380 e. The van der Waals surface area contributed by atoms with Crippen molar-refractivity contribution < 1.29 is 5.11 Å². The first-order chi connectivity index (χ1) is 8.54. The molecule has 0 aliphatic rings. The molecule has 2 aromatic rings. The first kappa shape index (κ1) is 13.1. The van der Waals surface area contributed by atoms with Gasteiger partial charge in [-0.05, 0) is 31.9 Å². The van der Waals surface area contributed by atoms with E-state index in [-0.39, 0.29) is 0 Å². The molecule has 2 heterocycles. The fraction of sp³-hybridized carbons (Fsp3) is 0.385. The smallest absolute Gasteiger partial charge is 0.139 e. The predicted molar refractivity (Wildman–Crippen MR) is 70.7 cm³/mol. The van der Waals surface area contributed by atoms with Gasteiger partial charge in [-0.3, -0.25) is 9.67 Å².